The first-order valence-corrected chi connectivity index (χ1v) is 5.56. The average molecular weight is 268 g/mol. The molecule has 1 amide bonds. The zero-order chi connectivity index (χ0) is 14.6. The van der Waals surface area contributed by atoms with E-state index in [9.17, 15) is 19.8 Å². The Hall–Kier alpha value is -2.12. The predicted molar refractivity (Wildman–Crippen MR) is 67.5 cm³/mol. The summed E-state index contributed by atoms with van der Waals surface area (Å²) in [5, 5.41) is 30.7. The van der Waals surface area contributed by atoms with E-state index < -0.39 is 18.2 Å². The molecule has 7 heteroatoms. The van der Waals surface area contributed by atoms with Crippen LogP contribution in [0.4, 0.5) is 5.69 Å². The fourth-order valence-electron chi connectivity index (χ4n) is 1.54. The summed E-state index contributed by atoms with van der Waals surface area (Å²) in [6, 6.07) is 3.90. The highest BCUT2D eigenvalue weighted by atomic mass is 16.4. The molecule has 7 nitrogen and oxygen atoms in total. The second-order valence-corrected chi connectivity index (χ2v) is 4.10. The number of carbonyl (C=O) groups is 2. The third kappa shape index (κ3) is 3.94. The van der Waals surface area contributed by atoms with Crippen LogP contribution in [0.1, 0.15) is 28.9 Å². The molecule has 0 fully saturated rings. The van der Waals surface area contributed by atoms with Crippen LogP contribution < -0.4 is 11.1 Å². The van der Waals surface area contributed by atoms with E-state index in [-0.39, 0.29) is 29.3 Å². The van der Waals surface area contributed by atoms with Crippen molar-refractivity contribution in [3.8, 4) is 0 Å². The number of rotatable bonds is 5. The van der Waals surface area contributed by atoms with Crippen LogP contribution in [-0.2, 0) is 4.79 Å². The van der Waals surface area contributed by atoms with Gasteiger partial charge in [-0.15, -0.1) is 0 Å². The normalized spacial score (nSPS) is 13.6. The first-order chi connectivity index (χ1) is 8.82. The molecule has 104 valence electrons. The maximum atomic E-state index is 10.8. The van der Waals surface area contributed by atoms with Gasteiger partial charge >= 0.3 is 5.97 Å². The maximum absolute atomic E-state index is 10.8. The van der Waals surface area contributed by atoms with Gasteiger partial charge in [-0.3, -0.25) is 4.79 Å². The molecule has 6 N–H and O–H groups in total. The van der Waals surface area contributed by atoms with Crippen LogP contribution >= 0.6 is 0 Å². The number of nitrogen functional groups attached to an aromatic ring is 1. The van der Waals surface area contributed by atoms with Crippen LogP contribution in [0.2, 0.25) is 0 Å². The van der Waals surface area contributed by atoms with E-state index in [4.69, 9.17) is 10.8 Å². The van der Waals surface area contributed by atoms with Gasteiger partial charge < -0.3 is 26.4 Å². The third-order valence-corrected chi connectivity index (χ3v) is 2.57. The third-order valence-electron chi connectivity index (χ3n) is 2.57. The van der Waals surface area contributed by atoms with E-state index in [1.807, 2.05) is 0 Å². The van der Waals surface area contributed by atoms with Gasteiger partial charge in [0, 0.05) is 19.2 Å². The average Bonchev–Trinajstić information content (AvgIpc) is 2.34. The Morgan fingerprint density at radius 3 is 2.47 bits per heavy atom. The summed E-state index contributed by atoms with van der Waals surface area (Å²) in [6.45, 7) is 1.18. The van der Waals surface area contributed by atoms with Crippen LogP contribution in [0.25, 0.3) is 0 Å². The van der Waals surface area contributed by atoms with Crippen molar-refractivity contribution < 1.29 is 24.9 Å². The fraction of sp³-hybridized carbons (Fsp3) is 0.333. The number of aromatic carboxylic acids is 1. The molecule has 0 saturated heterocycles. The Balaban J connectivity index is 2.82. The number of nitrogens with two attached hydrogens (primary N) is 1. The smallest absolute Gasteiger partial charge is 0.337 e. The Kier molecular flexibility index (Phi) is 4.85. The van der Waals surface area contributed by atoms with Crippen molar-refractivity contribution in [3.05, 3.63) is 29.3 Å². The molecule has 1 aromatic carbocycles. The molecular weight excluding hydrogens is 252 g/mol. The Morgan fingerprint density at radius 2 is 2.00 bits per heavy atom. The van der Waals surface area contributed by atoms with Crippen LogP contribution in [0.5, 0.6) is 0 Å². The minimum Gasteiger partial charge on any atom is -0.478 e. The number of hydrogen-bond donors (Lipinski definition) is 5. The van der Waals surface area contributed by atoms with Gasteiger partial charge in [-0.2, -0.15) is 0 Å². The molecule has 19 heavy (non-hydrogen) atoms. The van der Waals surface area contributed by atoms with Gasteiger partial charge in [-0.1, -0.05) is 6.07 Å². The van der Waals surface area contributed by atoms with Crippen molar-refractivity contribution in [1.29, 1.82) is 0 Å². The lowest BCUT2D eigenvalue weighted by Gasteiger charge is -2.19. The van der Waals surface area contributed by atoms with E-state index in [0.717, 1.165) is 0 Å². The second-order valence-electron chi connectivity index (χ2n) is 4.10. The number of aliphatic hydroxyl groups is 2. The van der Waals surface area contributed by atoms with Gasteiger partial charge in [-0.05, 0) is 17.7 Å². The molecule has 0 aliphatic heterocycles. The number of anilines is 1. The molecule has 0 aliphatic carbocycles. The molecule has 2 atom stereocenters. The van der Waals surface area contributed by atoms with E-state index in [2.05, 4.69) is 5.32 Å². The summed E-state index contributed by atoms with van der Waals surface area (Å²) in [5.41, 5.74) is 5.74. The van der Waals surface area contributed by atoms with Crippen LogP contribution in [0.15, 0.2) is 18.2 Å². The van der Waals surface area contributed by atoms with Crippen molar-refractivity contribution in [2.24, 2.45) is 0 Å². The number of amides is 1. The zero-order valence-electron chi connectivity index (χ0n) is 10.3. The van der Waals surface area contributed by atoms with E-state index in [0.29, 0.717) is 0 Å². The number of carboxylic acids is 1. The molecule has 1 rings (SSSR count). The van der Waals surface area contributed by atoms with E-state index in [1.165, 1.54) is 25.1 Å². The summed E-state index contributed by atoms with van der Waals surface area (Å²) < 4.78 is 0. The largest absolute Gasteiger partial charge is 0.478 e. The molecule has 2 unspecified atom stereocenters. The number of aliphatic hydroxyl groups excluding tert-OH is 2. The highest BCUT2D eigenvalue weighted by molar-refractivity contribution is 5.93. The molecule has 0 saturated carbocycles. The van der Waals surface area contributed by atoms with Crippen molar-refractivity contribution in [2.45, 2.75) is 19.1 Å². The van der Waals surface area contributed by atoms with Gasteiger partial charge in [0.15, 0.2) is 0 Å². The first kappa shape index (κ1) is 14.9. The van der Waals surface area contributed by atoms with Crippen molar-refractivity contribution >= 4 is 17.6 Å². The molecule has 0 spiro atoms. The second kappa shape index (κ2) is 6.17. The summed E-state index contributed by atoms with van der Waals surface area (Å²) in [4.78, 5) is 21.5. The Labute approximate surface area is 109 Å². The number of carbonyl (C=O) groups excluding carboxylic acids is 1. The topological polar surface area (TPSA) is 133 Å². The van der Waals surface area contributed by atoms with Crippen molar-refractivity contribution in [3.63, 3.8) is 0 Å². The summed E-state index contributed by atoms with van der Waals surface area (Å²) in [6.07, 6.45) is -2.48. The summed E-state index contributed by atoms with van der Waals surface area (Å²) >= 11 is 0. The molecule has 0 heterocycles. The summed E-state index contributed by atoms with van der Waals surface area (Å²) in [7, 11) is 0. The zero-order valence-corrected chi connectivity index (χ0v) is 10.3. The lowest BCUT2D eigenvalue weighted by atomic mass is 10.0. The summed E-state index contributed by atoms with van der Waals surface area (Å²) in [5.74, 6) is -1.50. The van der Waals surface area contributed by atoms with Crippen molar-refractivity contribution in [1.82, 2.24) is 5.32 Å². The molecule has 1 aromatic rings. The van der Waals surface area contributed by atoms with E-state index >= 15 is 0 Å². The van der Waals surface area contributed by atoms with Crippen molar-refractivity contribution in [2.75, 3.05) is 12.3 Å². The SMILES string of the molecule is CC(=O)NCC(O)C(O)c1ccc(C(=O)O)c(N)c1. The highest BCUT2D eigenvalue weighted by Crippen LogP contribution is 2.22. The Bertz CT molecular complexity index is 489. The minimum absolute atomic E-state index is 0.00391. The predicted octanol–water partition coefficient (Wildman–Crippen LogP) is -0.503. The van der Waals surface area contributed by atoms with Crippen LogP contribution in [0.3, 0.4) is 0 Å². The first-order valence-electron chi connectivity index (χ1n) is 5.56. The van der Waals surface area contributed by atoms with Crippen LogP contribution in [-0.4, -0.2) is 39.8 Å². The number of hydrogen-bond acceptors (Lipinski definition) is 5. The quantitative estimate of drug-likeness (QED) is 0.457. The monoisotopic (exact) mass is 268 g/mol. The molecule has 0 aliphatic rings. The minimum atomic E-state index is -1.27. The molecule has 0 aromatic heterocycles. The maximum Gasteiger partial charge on any atom is 0.337 e. The van der Waals surface area contributed by atoms with Gasteiger partial charge in [0.05, 0.1) is 5.56 Å². The highest BCUT2D eigenvalue weighted by Gasteiger charge is 2.20. The molecule has 0 radical (unpaired) electrons. The number of carboxylic acid groups (broad SMARTS) is 1. The van der Waals surface area contributed by atoms with E-state index in [1.54, 1.807) is 0 Å². The molecular formula is C12H16N2O5. The standard InChI is InChI=1S/C12H16N2O5/c1-6(15)14-5-10(16)11(17)7-2-3-8(12(18)19)9(13)4-7/h2-4,10-11,16-17H,5,13H2,1H3,(H,14,15)(H,18,19). The molecule has 0 bridgehead atoms. The lowest BCUT2D eigenvalue weighted by molar-refractivity contribution is -0.119. The van der Waals surface area contributed by atoms with Gasteiger partial charge in [0.1, 0.15) is 12.2 Å². The fourth-order valence-corrected chi connectivity index (χ4v) is 1.54. The number of nitrogens with one attached hydrogen (secondary N) is 1. The number of benzene rings is 1. The van der Waals surface area contributed by atoms with Gasteiger partial charge in [0.25, 0.3) is 0 Å². The lowest BCUT2D eigenvalue weighted by Crippen LogP contribution is -2.34. The van der Waals surface area contributed by atoms with Crippen LogP contribution in [0, 0.1) is 0 Å². The Morgan fingerprint density at radius 1 is 1.37 bits per heavy atom. The van der Waals surface area contributed by atoms with Gasteiger partial charge in [0.2, 0.25) is 5.91 Å². The van der Waals surface area contributed by atoms with Gasteiger partial charge in [-0.25, -0.2) is 4.79 Å².